The van der Waals surface area contributed by atoms with Crippen molar-refractivity contribution in [3.05, 3.63) is 0 Å². The molecule has 0 radical (unpaired) electrons. The van der Waals surface area contributed by atoms with Gasteiger partial charge in [0.05, 0.1) is 11.5 Å². The SMILES string of the molecule is CC(=O)N1CCN(C(=O)C(=O)NCC(N)=S)CC1. The number of hydrogen-bond acceptors (Lipinski definition) is 4. The Morgan fingerprint density at radius 1 is 1.17 bits per heavy atom. The number of thiocarbonyl (C=S) groups is 1. The summed E-state index contributed by atoms with van der Waals surface area (Å²) in [5.74, 6) is -1.37. The summed E-state index contributed by atoms with van der Waals surface area (Å²) in [4.78, 5) is 37.4. The molecule has 8 heteroatoms. The first-order valence-electron chi connectivity index (χ1n) is 5.52. The fraction of sp³-hybridized carbons (Fsp3) is 0.600. The van der Waals surface area contributed by atoms with Crippen molar-refractivity contribution < 1.29 is 14.4 Å². The van der Waals surface area contributed by atoms with Gasteiger partial charge in [-0.15, -0.1) is 0 Å². The molecule has 0 aliphatic carbocycles. The number of carbonyl (C=O) groups excluding carboxylic acids is 3. The monoisotopic (exact) mass is 272 g/mol. The number of nitrogens with two attached hydrogens (primary N) is 1. The summed E-state index contributed by atoms with van der Waals surface area (Å²) in [6.07, 6.45) is 0. The number of amides is 3. The summed E-state index contributed by atoms with van der Waals surface area (Å²) in [6, 6.07) is 0. The number of piperazine rings is 1. The predicted molar refractivity (Wildman–Crippen MR) is 68.6 cm³/mol. The maximum Gasteiger partial charge on any atom is 0.312 e. The smallest absolute Gasteiger partial charge is 0.312 e. The van der Waals surface area contributed by atoms with Crippen LogP contribution in [0, 0.1) is 0 Å². The number of carbonyl (C=O) groups is 3. The molecule has 0 spiro atoms. The van der Waals surface area contributed by atoms with E-state index in [4.69, 9.17) is 5.73 Å². The summed E-state index contributed by atoms with van der Waals surface area (Å²) in [7, 11) is 0. The molecule has 1 aliphatic heterocycles. The molecule has 3 N–H and O–H groups in total. The van der Waals surface area contributed by atoms with E-state index in [0.29, 0.717) is 26.2 Å². The summed E-state index contributed by atoms with van der Waals surface area (Å²) in [5.41, 5.74) is 5.22. The molecular weight excluding hydrogens is 256 g/mol. The Balaban J connectivity index is 2.42. The van der Waals surface area contributed by atoms with Crippen molar-refractivity contribution in [2.24, 2.45) is 5.73 Å². The number of nitrogens with zero attached hydrogens (tertiary/aromatic N) is 2. The molecule has 0 atom stereocenters. The van der Waals surface area contributed by atoms with Crippen LogP contribution in [0.4, 0.5) is 0 Å². The second-order valence-electron chi connectivity index (χ2n) is 3.95. The zero-order chi connectivity index (χ0) is 13.7. The van der Waals surface area contributed by atoms with Gasteiger partial charge in [0.25, 0.3) is 0 Å². The molecule has 0 saturated carbocycles. The third-order valence-corrected chi connectivity index (χ3v) is 2.77. The lowest BCUT2D eigenvalue weighted by Crippen LogP contribution is -2.53. The van der Waals surface area contributed by atoms with E-state index in [0.717, 1.165) is 0 Å². The van der Waals surface area contributed by atoms with E-state index in [1.54, 1.807) is 4.90 Å². The van der Waals surface area contributed by atoms with Gasteiger partial charge in [-0.3, -0.25) is 14.4 Å². The van der Waals surface area contributed by atoms with Crippen molar-refractivity contribution in [3.63, 3.8) is 0 Å². The lowest BCUT2D eigenvalue weighted by molar-refractivity contribution is -0.148. The van der Waals surface area contributed by atoms with Gasteiger partial charge < -0.3 is 20.9 Å². The van der Waals surface area contributed by atoms with Gasteiger partial charge in [-0.05, 0) is 0 Å². The first-order chi connectivity index (χ1) is 8.41. The van der Waals surface area contributed by atoms with Crippen LogP contribution in [0.15, 0.2) is 0 Å². The van der Waals surface area contributed by atoms with Crippen LogP contribution in [0.2, 0.25) is 0 Å². The Morgan fingerprint density at radius 2 is 1.67 bits per heavy atom. The van der Waals surface area contributed by atoms with Crippen molar-refractivity contribution in [2.45, 2.75) is 6.92 Å². The molecule has 0 bridgehead atoms. The predicted octanol–water partition coefficient (Wildman–Crippen LogP) is -1.92. The minimum absolute atomic E-state index is 0.00726. The van der Waals surface area contributed by atoms with Crippen LogP contribution in [-0.2, 0) is 14.4 Å². The first kappa shape index (κ1) is 14.4. The van der Waals surface area contributed by atoms with Gasteiger partial charge in [0.1, 0.15) is 0 Å². The zero-order valence-corrected chi connectivity index (χ0v) is 11.0. The average Bonchev–Trinajstić information content (AvgIpc) is 2.35. The number of hydrogen-bond donors (Lipinski definition) is 2. The highest BCUT2D eigenvalue weighted by molar-refractivity contribution is 7.80. The molecule has 100 valence electrons. The average molecular weight is 272 g/mol. The van der Waals surface area contributed by atoms with E-state index in [9.17, 15) is 14.4 Å². The van der Waals surface area contributed by atoms with Crippen LogP contribution in [0.25, 0.3) is 0 Å². The highest BCUT2D eigenvalue weighted by Gasteiger charge is 2.26. The normalized spacial score (nSPS) is 15.2. The van der Waals surface area contributed by atoms with Gasteiger partial charge in [-0.2, -0.15) is 0 Å². The van der Waals surface area contributed by atoms with Crippen molar-refractivity contribution in [2.75, 3.05) is 32.7 Å². The first-order valence-corrected chi connectivity index (χ1v) is 5.93. The molecule has 1 aliphatic rings. The quantitative estimate of drug-likeness (QED) is 0.451. The second-order valence-corrected chi connectivity index (χ2v) is 4.47. The Bertz CT molecular complexity index is 377. The summed E-state index contributed by atoms with van der Waals surface area (Å²) < 4.78 is 0. The topological polar surface area (TPSA) is 95.7 Å². The lowest BCUT2D eigenvalue weighted by Gasteiger charge is -2.33. The highest BCUT2D eigenvalue weighted by Crippen LogP contribution is 2.02. The molecule has 0 aromatic rings. The molecule has 1 saturated heterocycles. The Kier molecular flexibility index (Phi) is 5.02. The second kappa shape index (κ2) is 6.29. The maximum absolute atomic E-state index is 11.7. The van der Waals surface area contributed by atoms with E-state index in [2.05, 4.69) is 17.5 Å². The van der Waals surface area contributed by atoms with Gasteiger partial charge in [0, 0.05) is 33.1 Å². The fourth-order valence-corrected chi connectivity index (χ4v) is 1.68. The van der Waals surface area contributed by atoms with Gasteiger partial charge in [0.15, 0.2) is 0 Å². The molecule has 7 nitrogen and oxygen atoms in total. The molecule has 0 aromatic carbocycles. The van der Waals surface area contributed by atoms with Gasteiger partial charge in [-0.1, -0.05) is 12.2 Å². The minimum Gasteiger partial charge on any atom is -0.392 e. The van der Waals surface area contributed by atoms with Crippen molar-refractivity contribution in [3.8, 4) is 0 Å². The number of nitrogens with one attached hydrogen (secondary N) is 1. The third-order valence-electron chi connectivity index (χ3n) is 2.63. The van der Waals surface area contributed by atoms with Crippen molar-refractivity contribution in [1.82, 2.24) is 15.1 Å². The largest absolute Gasteiger partial charge is 0.392 e. The van der Waals surface area contributed by atoms with E-state index < -0.39 is 11.8 Å². The van der Waals surface area contributed by atoms with E-state index in [1.807, 2.05) is 0 Å². The third kappa shape index (κ3) is 3.95. The Hall–Kier alpha value is -1.70. The Labute approximate surface area is 110 Å². The highest BCUT2D eigenvalue weighted by atomic mass is 32.1. The molecule has 0 aromatic heterocycles. The van der Waals surface area contributed by atoms with Gasteiger partial charge in [0.2, 0.25) is 5.91 Å². The van der Waals surface area contributed by atoms with Crippen LogP contribution in [-0.4, -0.2) is 65.2 Å². The van der Waals surface area contributed by atoms with E-state index in [1.165, 1.54) is 11.8 Å². The van der Waals surface area contributed by atoms with Gasteiger partial charge >= 0.3 is 11.8 Å². The standard InChI is InChI=1S/C10H16N4O3S/c1-7(15)13-2-4-14(5-3-13)10(17)9(16)12-6-8(11)18/h2-6H2,1H3,(H2,11,18)(H,12,16). The van der Waals surface area contributed by atoms with Crippen LogP contribution in [0.1, 0.15) is 6.92 Å². The van der Waals surface area contributed by atoms with Gasteiger partial charge in [-0.25, -0.2) is 0 Å². The van der Waals surface area contributed by atoms with Crippen molar-refractivity contribution in [1.29, 1.82) is 0 Å². The summed E-state index contributed by atoms with van der Waals surface area (Å²) in [6.45, 7) is 3.10. The summed E-state index contributed by atoms with van der Waals surface area (Å²) >= 11 is 4.60. The minimum atomic E-state index is -0.723. The fourth-order valence-electron chi connectivity index (χ4n) is 1.61. The molecular formula is C10H16N4O3S. The maximum atomic E-state index is 11.7. The van der Waals surface area contributed by atoms with Crippen LogP contribution < -0.4 is 11.1 Å². The van der Waals surface area contributed by atoms with Crippen LogP contribution in [0.3, 0.4) is 0 Å². The molecule has 18 heavy (non-hydrogen) atoms. The summed E-state index contributed by atoms with van der Waals surface area (Å²) in [5, 5.41) is 2.34. The lowest BCUT2D eigenvalue weighted by atomic mass is 10.3. The molecule has 1 heterocycles. The molecule has 3 amide bonds. The molecule has 1 fully saturated rings. The molecule has 0 unspecified atom stereocenters. The van der Waals surface area contributed by atoms with E-state index >= 15 is 0 Å². The Morgan fingerprint density at radius 3 is 2.11 bits per heavy atom. The van der Waals surface area contributed by atoms with Crippen LogP contribution >= 0.6 is 12.2 Å². The zero-order valence-electron chi connectivity index (χ0n) is 10.1. The van der Waals surface area contributed by atoms with Crippen molar-refractivity contribution >= 4 is 34.9 Å². The molecule has 1 rings (SSSR count). The van der Waals surface area contributed by atoms with E-state index in [-0.39, 0.29) is 17.4 Å². The van der Waals surface area contributed by atoms with Crippen LogP contribution in [0.5, 0.6) is 0 Å². The number of rotatable bonds is 2.